The average Bonchev–Trinajstić information content (AvgIpc) is 2.68. The van der Waals surface area contributed by atoms with Crippen LogP contribution in [0.5, 0.6) is 0 Å². The van der Waals surface area contributed by atoms with E-state index in [4.69, 9.17) is 14.2 Å². The van der Waals surface area contributed by atoms with Crippen molar-refractivity contribution in [1.82, 2.24) is 0 Å². The molecule has 0 radical (unpaired) electrons. The first kappa shape index (κ1) is 15.5. The minimum absolute atomic E-state index is 0.107. The van der Waals surface area contributed by atoms with Gasteiger partial charge in [-0.15, -0.1) is 0 Å². The Labute approximate surface area is 112 Å². The summed E-state index contributed by atoms with van der Waals surface area (Å²) in [5.41, 5.74) is 0. The monoisotopic (exact) mass is 272 g/mol. The van der Waals surface area contributed by atoms with Gasteiger partial charge in [0.15, 0.2) is 0 Å². The lowest BCUT2D eigenvalue weighted by molar-refractivity contribution is -0.152. The van der Waals surface area contributed by atoms with E-state index in [1.54, 1.807) is 6.92 Å². The minimum atomic E-state index is -0.387. The maximum Gasteiger partial charge on any atom is 0.309 e. The Hall–Kier alpha value is -1.59. The van der Waals surface area contributed by atoms with E-state index >= 15 is 0 Å². The largest absolute Gasteiger partial charge is 0.466 e. The molecular weight excluding hydrogens is 252 g/mol. The fraction of sp³-hybridized carbons (Fsp3) is 0.769. The van der Waals surface area contributed by atoms with Crippen molar-refractivity contribution in [1.29, 1.82) is 0 Å². The molecule has 0 N–H and O–H groups in total. The highest BCUT2D eigenvalue weighted by Gasteiger charge is 2.34. The predicted octanol–water partition coefficient (Wildman–Crippen LogP) is 1.21. The van der Waals surface area contributed by atoms with Crippen molar-refractivity contribution in [3.05, 3.63) is 0 Å². The first-order chi connectivity index (χ1) is 9.02. The molecule has 1 saturated heterocycles. The molecule has 2 atom stereocenters. The van der Waals surface area contributed by atoms with E-state index < -0.39 is 0 Å². The van der Waals surface area contributed by atoms with Crippen LogP contribution in [-0.4, -0.2) is 37.2 Å². The van der Waals surface area contributed by atoms with Crippen molar-refractivity contribution in [2.45, 2.75) is 45.6 Å². The van der Waals surface area contributed by atoms with Crippen LogP contribution >= 0.6 is 0 Å². The smallest absolute Gasteiger partial charge is 0.309 e. The standard InChI is InChI=1S/C13H20O6/c1-3-17-12(15)6-4-5-10-7-11(19-13(10)16)8-18-9(2)14/h10-11H,3-8H2,1-2H3. The van der Waals surface area contributed by atoms with Crippen LogP contribution in [0.15, 0.2) is 0 Å². The van der Waals surface area contributed by atoms with Gasteiger partial charge in [0.25, 0.3) is 0 Å². The van der Waals surface area contributed by atoms with Crippen molar-refractivity contribution in [2.24, 2.45) is 5.92 Å². The van der Waals surface area contributed by atoms with Gasteiger partial charge in [0, 0.05) is 19.8 Å². The Kier molecular flexibility index (Phi) is 6.32. The zero-order chi connectivity index (χ0) is 14.3. The van der Waals surface area contributed by atoms with Gasteiger partial charge in [0.1, 0.15) is 12.7 Å². The minimum Gasteiger partial charge on any atom is -0.466 e. The van der Waals surface area contributed by atoms with Crippen molar-refractivity contribution in [3.8, 4) is 0 Å². The highest BCUT2D eigenvalue weighted by molar-refractivity contribution is 5.75. The number of cyclic esters (lactones) is 1. The molecule has 0 spiro atoms. The summed E-state index contributed by atoms with van der Waals surface area (Å²) in [7, 11) is 0. The zero-order valence-electron chi connectivity index (χ0n) is 11.3. The van der Waals surface area contributed by atoms with Gasteiger partial charge in [0.2, 0.25) is 0 Å². The summed E-state index contributed by atoms with van der Waals surface area (Å²) in [6, 6.07) is 0. The third-order valence-electron chi connectivity index (χ3n) is 2.87. The number of hydrogen-bond donors (Lipinski definition) is 0. The fourth-order valence-electron chi connectivity index (χ4n) is 2.00. The van der Waals surface area contributed by atoms with Crippen LogP contribution in [0.4, 0.5) is 0 Å². The van der Waals surface area contributed by atoms with Gasteiger partial charge in [-0.25, -0.2) is 0 Å². The van der Waals surface area contributed by atoms with Crippen molar-refractivity contribution in [2.75, 3.05) is 13.2 Å². The van der Waals surface area contributed by atoms with Crippen LogP contribution < -0.4 is 0 Å². The molecule has 108 valence electrons. The Morgan fingerprint density at radius 3 is 2.74 bits per heavy atom. The maximum atomic E-state index is 11.6. The van der Waals surface area contributed by atoms with Crippen LogP contribution in [0.25, 0.3) is 0 Å². The lowest BCUT2D eigenvalue weighted by Crippen LogP contribution is -2.16. The number of rotatable bonds is 7. The molecule has 0 amide bonds. The van der Waals surface area contributed by atoms with Crippen molar-refractivity contribution < 1.29 is 28.6 Å². The Balaban J connectivity index is 2.22. The fourth-order valence-corrected chi connectivity index (χ4v) is 2.00. The molecule has 2 unspecified atom stereocenters. The van der Waals surface area contributed by atoms with Crippen molar-refractivity contribution in [3.63, 3.8) is 0 Å². The quantitative estimate of drug-likeness (QED) is 0.512. The molecule has 0 bridgehead atoms. The van der Waals surface area contributed by atoms with Gasteiger partial charge < -0.3 is 14.2 Å². The second-order valence-electron chi connectivity index (χ2n) is 4.49. The highest BCUT2D eigenvalue weighted by atomic mass is 16.6. The van der Waals surface area contributed by atoms with E-state index in [1.165, 1.54) is 6.92 Å². The molecule has 6 heteroatoms. The third kappa shape index (κ3) is 5.72. The summed E-state index contributed by atoms with van der Waals surface area (Å²) in [5, 5.41) is 0. The van der Waals surface area contributed by atoms with E-state index in [2.05, 4.69) is 0 Å². The summed E-state index contributed by atoms with van der Waals surface area (Å²) < 4.78 is 14.7. The summed E-state index contributed by atoms with van der Waals surface area (Å²) in [6.45, 7) is 3.55. The number of esters is 3. The molecule has 1 aliphatic rings. The molecule has 0 aromatic rings. The topological polar surface area (TPSA) is 78.9 Å². The molecule has 0 aromatic heterocycles. The maximum absolute atomic E-state index is 11.6. The van der Waals surface area contributed by atoms with Gasteiger partial charge in [-0.3, -0.25) is 14.4 Å². The Morgan fingerprint density at radius 2 is 2.11 bits per heavy atom. The molecule has 6 nitrogen and oxygen atoms in total. The van der Waals surface area contributed by atoms with Gasteiger partial charge >= 0.3 is 17.9 Å². The Morgan fingerprint density at radius 1 is 1.37 bits per heavy atom. The normalized spacial score (nSPS) is 21.9. The molecule has 1 aliphatic heterocycles. The molecular formula is C13H20O6. The van der Waals surface area contributed by atoms with E-state index in [1.807, 2.05) is 0 Å². The molecule has 0 saturated carbocycles. The summed E-state index contributed by atoms with van der Waals surface area (Å²) >= 11 is 0. The van der Waals surface area contributed by atoms with Crippen LogP contribution in [0.2, 0.25) is 0 Å². The summed E-state index contributed by atoms with van der Waals surface area (Å²) in [5.74, 6) is -1.12. The molecule has 19 heavy (non-hydrogen) atoms. The molecule has 1 fully saturated rings. The molecule has 1 heterocycles. The Bertz CT molecular complexity index is 338. The van der Waals surface area contributed by atoms with Crippen LogP contribution in [-0.2, 0) is 28.6 Å². The second-order valence-corrected chi connectivity index (χ2v) is 4.49. The first-order valence-corrected chi connectivity index (χ1v) is 6.52. The van der Waals surface area contributed by atoms with Crippen LogP contribution in [0.1, 0.15) is 39.5 Å². The van der Waals surface area contributed by atoms with E-state index in [-0.39, 0.29) is 36.5 Å². The van der Waals surface area contributed by atoms with Gasteiger partial charge in [-0.1, -0.05) is 0 Å². The molecule has 0 aliphatic carbocycles. The van der Waals surface area contributed by atoms with Crippen LogP contribution in [0.3, 0.4) is 0 Å². The number of ether oxygens (including phenoxy) is 3. The van der Waals surface area contributed by atoms with E-state index in [9.17, 15) is 14.4 Å². The van der Waals surface area contributed by atoms with Crippen molar-refractivity contribution >= 4 is 17.9 Å². The van der Waals surface area contributed by atoms with E-state index in [0.29, 0.717) is 32.3 Å². The van der Waals surface area contributed by atoms with E-state index in [0.717, 1.165) is 0 Å². The third-order valence-corrected chi connectivity index (χ3v) is 2.87. The number of carbonyl (C=O) groups excluding carboxylic acids is 3. The zero-order valence-corrected chi connectivity index (χ0v) is 11.3. The molecule has 1 rings (SSSR count). The highest BCUT2D eigenvalue weighted by Crippen LogP contribution is 2.26. The molecule has 0 aromatic carbocycles. The first-order valence-electron chi connectivity index (χ1n) is 6.52. The predicted molar refractivity (Wildman–Crippen MR) is 65.1 cm³/mol. The summed E-state index contributed by atoms with van der Waals surface area (Å²) in [6.07, 6.45) is 1.68. The number of carbonyl (C=O) groups is 3. The summed E-state index contributed by atoms with van der Waals surface area (Å²) in [4.78, 5) is 33.4. The van der Waals surface area contributed by atoms with Gasteiger partial charge in [0.05, 0.1) is 12.5 Å². The SMILES string of the molecule is CCOC(=O)CCCC1CC(COC(C)=O)OC1=O. The van der Waals surface area contributed by atoms with Gasteiger partial charge in [-0.2, -0.15) is 0 Å². The van der Waals surface area contributed by atoms with Crippen LogP contribution in [0, 0.1) is 5.92 Å². The number of hydrogen-bond acceptors (Lipinski definition) is 6. The lowest BCUT2D eigenvalue weighted by atomic mass is 9.98. The average molecular weight is 272 g/mol. The lowest BCUT2D eigenvalue weighted by Gasteiger charge is -2.08. The second kappa shape index (κ2) is 7.76. The van der Waals surface area contributed by atoms with Gasteiger partial charge in [-0.05, 0) is 19.8 Å².